The van der Waals surface area contributed by atoms with Gasteiger partial charge in [0.2, 0.25) is 0 Å². The summed E-state index contributed by atoms with van der Waals surface area (Å²) in [4.78, 5) is 0. The summed E-state index contributed by atoms with van der Waals surface area (Å²) in [6, 6.07) is 0. The molecule has 0 aromatic heterocycles. The van der Waals surface area contributed by atoms with E-state index >= 15 is 0 Å². The molecule has 0 heterocycles. The number of rotatable bonds is 1. The fraction of sp³-hybridized carbons (Fsp3) is 0.833. The van der Waals surface area contributed by atoms with Gasteiger partial charge in [-0.3, -0.25) is 0 Å². The van der Waals surface area contributed by atoms with E-state index in [1.165, 1.54) is 12.8 Å². The maximum atomic E-state index is 6.19. The van der Waals surface area contributed by atoms with Gasteiger partial charge in [0.1, 0.15) is 0 Å². The molecule has 74 valence electrons. The molecule has 1 saturated carbocycles. The summed E-state index contributed by atoms with van der Waals surface area (Å²) >= 11 is 0. The normalized spacial score (nSPS) is 20.9. The van der Waals surface area contributed by atoms with Crippen LogP contribution in [0, 0.1) is 17.3 Å². The Labute approximate surface area is 82.1 Å². The van der Waals surface area contributed by atoms with Crippen LogP contribution in [-0.2, 0) is 0 Å². The topological polar surface area (TPSA) is 26.0 Å². The van der Waals surface area contributed by atoms with Crippen molar-refractivity contribution in [2.75, 3.05) is 0 Å². The van der Waals surface area contributed by atoms with Crippen molar-refractivity contribution in [1.82, 2.24) is 0 Å². The van der Waals surface area contributed by atoms with E-state index in [0.717, 1.165) is 19.3 Å². The largest absolute Gasteiger partial charge is 0.324 e. The first-order chi connectivity index (χ1) is 5.91. The Kier molecular flexibility index (Phi) is 3.03. The quantitative estimate of drug-likeness (QED) is 0.615. The third kappa shape index (κ3) is 3.83. The standard InChI is InChI=1S/C12H21N/c1-11(2,3)7-6-10-12(13)8-4-5-9-12/h4-5,8-10,13H2,1-3H3. The highest BCUT2D eigenvalue weighted by Gasteiger charge is 2.27. The average Bonchev–Trinajstić information content (AvgIpc) is 2.33. The lowest BCUT2D eigenvalue weighted by Gasteiger charge is -2.20. The molecule has 0 radical (unpaired) electrons. The second kappa shape index (κ2) is 3.72. The van der Waals surface area contributed by atoms with Gasteiger partial charge in [-0.25, -0.2) is 0 Å². The van der Waals surface area contributed by atoms with E-state index in [4.69, 9.17) is 5.73 Å². The molecule has 1 rings (SSSR count). The van der Waals surface area contributed by atoms with Gasteiger partial charge in [-0.2, -0.15) is 0 Å². The Balaban J connectivity index is 2.44. The van der Waals surface area contributed by atoms with Crippen molar-refractivity contribution in [2.24, 2.45) is 11.1 Å². The van der Waals surface area contributed by atoms with Gasteiger partial charge in [0.05, 0.1) is 0 Å². The van der Waals surface area contributed by atoms with Gasteiger partial charge in [0.25, 0.3) is 0 Å². The van der Waals surface area contributed by atoms with Gasteiger partial charge < -0.3 is 5.73 Å². The molecule has 0 saturated heterocycles. The van der Waals surface area contributed by atoms with Crippen molar-refractivity contribution in [1.29, 1.82) is 0 Å². The van der Waals surface area contributed by atoms with Crippen molar-refractivity contribution < 1.29 is 0 Å². The molecule has 13 heavy (non-hydrogen) atoms. The molecule has 0 atom stereocenters. The molecule has 1 fully saturated rings. The van der Waals surface area contributed by atoms with Crippen molar-refractivity contribution in [2.45, 2.75) is 58.4 Å². The lowest BCUT2D eigenvalue weighted by molar-refractivity contribution is 0.450. The Morgan fingerprint density at radius 1 is 1.23 bits per heavy atom. The lowest BCUT2D eigenvalue weighted by Crippen LogP contribution is -2.35. The Morgan fingerprint density at radius 2 is 1.77 bits per heavy atom. The Morgan fingerprint density at radius 3 is 2.23 bits per heavy atom. The van der Waals surface area contributed by atoms with Crippen molar-refractivity contribution in [3.63, 3.8) is 0 Å². The average molecular weight is 179 g/mol. The first kappa shape index (κ1) is 10.6. The molecule has 0 bridgehead atoms. The van der Waals surface area contributed by atoms with Crippen molar-refractivity contribution >= 4 is 0 Å². The zero-order valence-corrected chi connectivity index (χ0v) is 9.11. The maximum Gasteiger partial charge on any atom is 0.0270 e. The van der Waals surface area contributed by atoms with Crippen LogP contribution in [0.2, 0.25) is 0 Å². The Bertz CT molecular complexity index is 218. The highest BCUT2D eigenvalue weighted by molar-refractivity contribution is 5.11. The predicted molar refractivity (Wildman–Crippen MR) is 57.2 cm³/mol. The second-order valence-corrected chi connectivity index (χ2v) is 5.30. The van der Waals surface area contributed by atoms with E-state index < -0.39 is 0 Å². The van der Waals surface area contributed by atoms with Crippen LogP contribution in [0.1, 0.15) is 52.9 Å². The molecule has 1 nitrogen and oxygen atoms in total. The van der Waals surface area contributed by atoms with E-state index in [9.17, 15) is 0 Å². The molecule has 1 aliphatic rings. The van der Waals surface area contributed by atoms with E-state index in [0.29, 0.717) is 0 Å². The molecule has 0 spiro atoms. The summed E-state index contributed by atoms with van der Waals surface area (Å²) in [5.41, 5.74) is 6.35. The minimum absolute atomic E-state index is 0.0399. The van der Waals surface area contributed by atoms with Gasteiger partial charge in [0.15, 0.2) is 0 Å². The third-order valence-electron chi connectivity index (χ3n) is 2.50. The molecule has 0 aliphatic heterocycles. The molecule has 0 unspecified atom stereocenters. The number of nitrogens with two attached hydrogens (primary N) is 1. The fourth-order valence-corrected chi connectivity index (χ4v) is 1.74. The summed E-state index contributed by atoms with van der Waals surface area (Å²) in [5, 5.41) is 0. The van der Waals surface area contributed by atoms with E-state index in [2.05, 4.69) is 32.6 Å². The number of hydrogen-bond acceptors (Lipinski definition) is 1. The smallest absolute Gasteiger partial charge is 0.0270 e. The van der Waals surface area contributed by atoms with Gasteiger partial charge >= 0.3 is 0 Å². The molecular formula is C12H21N. The van der Waals surface area contributed by atoms with E-state index in [-0.39, 0.29) is 11.0 Å². The monoisotopic (exact) mass is 179 g/mol. The summed E-state index contributed by atoms with van der Waals surface area (Å²) in [5.74, 6) is 6.48. The van der Waals surface area contributed by atoms with Gasteiger partial charge in [-0.15, -0.1) is 5.92 Å². The molecule has 1 aliphatic carbocycles. The number of hydrogen-bond donors (Lipinski definition) is 1. The summed E-state index contributed by atoms with van der Waals surface area (Å²) in [6.45, 7) is 6.41. The minimum atomic E-state index is 0.0399. The van der Waals surface area contributed by atoms with Crippen LogP contribution >= 0.6 is 0 Å². The van der Waals surface area contributed by atoms with Crippen LogP contribution in [0.25, 0.3) is 0 Å². The van der Waals surface area contributed by atoms with E-state index in [1.807, 2.05) is 0 Å². The highest BCUT2D eigenvalue weighted by atomic mass is 14.7. The van der Waals surface area contributed by atoms with Crippen LogP contribution in [0.5, 0.6) is 0 Å². The molecule has 1 heteroatoms. The summed E-state index contributed by atoms with van der Waals surface area (Å²) in [6.07, 6.45) is 5.77. The van der Waals surface area contributed by atoms with Crippen molar-refractivity contribution in [3.8, 4) is 11.8 Å². The molecule has 0 aromatic carbocycles. The summed E-state index contributed by atoms with van der Waals surface area (Å²) in [7, 11) is 0. The minimum Gasteiger partial charge on any atom is -0.324 e. The van der Waals surface area contributed by atoms with Crippen LogP contribution < -0.4 is 5.73 Å². The lowest BCUT2D eigenvalue weighted by atomic mass is 9.93. The second-order valence-electron chi connectivity index (χ2n) is 5.30. The molecule has 2 N–H and O–H groups in total. The molecule has 0 aromatic rings. The summed E-state index contributed by atoms with van der Waals surface area (Å²) < 4.78 is 0. The van der Waals surface area contributed by atoms with Gasteiger partial charge in [-0.05, 0) is 33.6 Å². The first-order valence-electron chi connectivity index (χ1n) is 5.20. The Hall–Kier alpha value is -0.480. The van der Waals surface area contributed by atoms with Crippen LogP contribution in [0.4, 0.5) is 0 Å². The van der Waals surface area contributed by atoms with Crippen LogP contribution in [-0.4, -0.2) is 5.54 Å². The molecular weight excluding hydrogens is 158 g/mol. The SMILES string of the molecule is CC(C)(C)C#CCC1(N)CCCC1. The third-order valence-corrected chi connectivity index (χ3v) is 2.50. The fourth-order valence-electron chi connectivity index (χ4n) is 1.74. The van der Waals surface area contributed by atoms with Crippen LogP contribution in [0.3, 0.4) is 0 Å². The highest BCUT2D eigenvalue weighted by Crippen LogP contribution is 2.29. The maximum absolute atomic E-state index is 6.19. The zero-order chi connectivity index (χ0) is 9.95. The van der Waals surface area contributed by atoms with Crippen molar-refractivity contribution in [3.05, 3.63) is 0 Å². The van der Waals surface area contributed by atoms with Gasteiger partial charge in [-0.1, -0.05) is 18.8 Å². The van der Waals surface area contributed by atoms with Crippen LogP contribution in [0.15, 0.2) is 0 Å². The first-order valence-corrected chi connectivity index (χ1v) is 5.20. The van der Waals surface area contributed by atoms with E-state index in [1.54, 1.807) is 0 Å². The van der Waals surface area contributed by atoms with Gasteiger partial charge in [0, 0.05) is 17.4 Å². The molecule has 0 amide bonds. The predicted octanol–water partition coefficient (Wildman–Crippen LogP) is 2.70. The zero-order valence-electron chi connectivity index (χ0n) is 9.11.